The molecule has 3 aromatic rings. The van der Waals surface area contributed by atoms with Gasteiger partial charge >= 0.3 is 6.18 Å². The van der Waals surface area contributed by atoms with E-state index < -0.39 is 24.3 Å². The van der Waals surface area contributed by atoms with Crippen molar-refractivity contribution < 1.29 is 22.7 Å². The Morgan fingerprint density at radius 2 is 1.80 bits per heavy atom. The van der Waals surface area contributed by atoms with Gasteiger partial charge in [-0.05, 0) is 29.3 Å². The Morgan fingerprint density at radius 1 is 1.12 bits per heavy atom. The molecule has 1 N–H and O–H groups in total. The third kappa shape index (κ3) is 3.52. The molecule has 0 spiro atoms. The van der Waals surface area contributed by atoms with Gasteiger partial charge in [0.1, 0.15) is 5.75 Å². The molecule has 1 heterocycles. The summed E-state index contributed by atoms with van der Waals surface area (Å²) in [5.41, 5.74) is 2.11. The zero-order valence-electron chi connectivity index (χ0n) is 13.4. The summed E-state index contributed by atoms with van der Waals surface area (Å²) in [6, 6.07) is 14.1. The van der Waals surface area contributed by atoms with E-state index in [0.717, 1.165) is 10.9 Å². The number of ether oxygens (including phenoxy) is 1. The monoisotopic (exact) mass is 347 g/mol. The summed E-state index contributed by atoms with van der Waals surface area (Å²) in [6.07, 6.45) is -3.82. The van der Waals surface area contributed by atoms with Crippen LogP contribution in [0.25, 0.3) is 10.9 Å². The number of para-hydroxylation sites is 1. The number of aromatic nitrogens is 1. The summed E-state index contributed by atoms with van der Waals surface area (Å²) in [5.74, 6) is -1.83. The maximum Gasteiger partial charge on any atom is 0.450 e. The Bertz CT molecular complexity index is 882. The van der Waals surface area contributed by atoms with Crippen LogP contribution in [0.5, 0.6) is 5.75 Å². The Morgan fingerprint density at radius 3 is 2.44 bits per heavy atom. The number of methoxy groups -OCH3 is 1. The highest BCUT2D eigenvalue weighted by Crippen LogP contribution is 2.36. The number of H-pyrrole nitrogens is 1. The van der Waals surface area contributed by atoms with Crippen LogP contribution in [0.2, 0.25) is 0 Å². The molecule has 130 valence electrons. The molecule has 0 aliphatic rings. The fourth-order valence-corrected chi connectivity index (χ4v) is 2.93. The van der Waals surface area contributed by atoms with Gasteiger partial charge in [0.05, 0.1) is 7.11 Å². The molecular weight excluding hydrogens is 331 g/mol. The van der Waals surface area contributed by atoms with Crippen LogP contribution in [-0.2, 0) is 4.79 Å². The van der Waals surface area contributed by atoms with E-state index in [9.17, 15) is 18.0 Å². The van der Waals surface area contributed by atoms with E-state index in [1.165, 1.54) is 7.11 Å². The van der Waals surface area contributed by atoms with Gasteiger partial charge in [0.25, 0.3) is 0 Å². The van der Waals surface area contributed by atoms with E-state index in [2.05, 4.69) is 4.98 Å². The summed E-state index contributed by atoms with van der Waals surface area (Å²) in [4.78, 5) is 14.7. The highest BCUT2D eigenvalue weighted by molar-refractivity contribution is 5.88. The first-order chi connectivity index (χ1) is 11.9. The molecule has 25 heavy (non-hydrogen) atoms. The quantitative estimate of drug-likeness (QED) is 0.718. The normalized spacial score (nSPS) is 13.0. The van der Waals surface area contributed by atoms with Gasteiger partial charge in [-0.2, -0.15) is 13.2 Å². The molecule has 0 aliphatic heterocycles. The van der Waals surface area contributed by atoms with Gasteiger partial charge in [-0.15, -0.1) is 0 Å². The number of Topliss-reactive ketones (excluding diaryl/α,β-unsaturated/α-hetero) is 1. The molecule has 3 nitrogen and oxygen atoms in total. The van der Waals surface area contributed by atoms with Crippen LogP contribution in [0.15, 0.2) is 54.7 Å². The average molecular weight is 347 g/mol. The van der Waals surface area contributed by atoms with Gasteiger partial charge in [-0.25, -0.2) is 0 Å². The maximum absolute atomic E-state index is 12.8. The van der Waals surface area contributed by atoms with Crippen molar-refractivity contribution in [1.29, 1.82) is 0 Å². The SMILES string of the molecule is COc1ccc([C@@H](CC(=O)C(F)(F)F)c2c[nH]c3ccccc23)cc1. The molecule has 3 rings (SSSR count). The predicted octanol–water partition coefficient (Wildman–Crippen LogP) is 4.83. The molecule has 6 heteroatoms. The zero-order chi connectivity index (χ0) is 18.0. The predicted molar refractivity (Wildman–Crippen MR) is 88.8 cm³/mol. The number of carbonyl (C=O) groups excluding carboxylic acids is 1. The second-order valence-electron chi connectivity index (χ2n) is 5.74. The van der Waals surface area contributed by atoms with E-state index in [-0.39, 0.29) is 0 Å². The van der Waals surface area contributed by atoms with Crippen molar-refractivity contribution in [1.82, 2.24) is 4.98 Å². The number of halogens is 3. The number of benzene rings is 2. The minimum absolute atomic E-state index is 0.601. The van der Waals surface area contributed by atoms with E-state index in [1.54, 1.807) is 30.5 Å². The lowest BCUT2D eigenvalue weighted by Crippen LogP contribution is -2.25. The zero-order valence-corrected chi connectivity index (χ0v) is 13.4. The van der Waals surface area contributed by atoms with Crippen LogP contribution < -0.4 is 4.74 Å². The van der Waals surface area contributed by atoms with Crippen molar-refractivity contribution in [2.45, 2.75) is 18.5 Å². The number of carbonyl (C=O) groups is 1. The van der Waals surface area contributed by atoms with Crippen LogP contribution >= 0.6 is 0 Å². The standard InChI is InChI=1S/C19H16F3NO2/c1-25-13-8-6-12(7-9-13)15(10-18(24)19(20,21)22)16-11-23-17-5-3-2-4-14(16)17/h2-9,11,15,23H,10H2,1H3/t15-/m1/s1. The molecule has 0 aliphatic carbocycles. The highest BCUT2D eigenvalue weighted by Gasteiger charge is 2.40. The van der Waals surface area contributed by atoms with Crippen molar-refractivity contribution in [2.24, 2.45) is 0 Å². The molecule has 0 saturated heterocycles. The number of fused-ring (bicyclic) bond motifs is 1. The van der Waals surface area contributed by atoms with E-state index in [4.69, 9.17) is 4.74 Å². The van der Waals surface area contributed by atoms with Gasteiger partial charge in [-0.1, -0.05) is 30.3 Å². The molecule has 2 aromatic carbocycles. The number of alkyl halides is 3. The number of hydrogen-bond donors (Lipinski definition) is 1. The van der Waals surface area contributed by atoms with Crippen molar-refractivity contribution in [3.05, 3.63) is 65.9 Å². The maximum atomic E-state index is 12.8. The molecule has 0 unspecified atom stereocenters. The van der Waals surface area contributed by atoms with Gasteiger partial charge in [0.15, 0.2) is 0 Å². The molecule has 1 aromatic heterocycles. The van der Waals surface area contributed by atoms with Crippen molar-refractivity contribution >= 4 is 16.7 Å². The second kappa shape index (κ2) is 6.63. The smallest absolute Gasteiger partial charge is 0.450 e. The molecule has 0 bridgehead atoms. The first-order valence-electron chi connectivity index (χ1n) is 7.70. The third-order valence-corrected chi connectivity index (χ3v) is 4.22. The minimum atomic E-state index is -4.85. The van der Waals surface area contributed by atoms with Gasteiger partial charge < -0.3 is 9.72 Å². The van der Waals surface area contributed by atoms with Gasteiger partial charge in [-0.3, -0.25) is 4.79 Å². The lowest BCUT2D eigenvalue weighted by molar-refractivity contribution is -0.171. The lowest BCUT2D eigenvalue weighted by Gasteiger charge is -2.18. The van der Waals surface area contributed by atoms with Gasteiger partial charge in [0.2, 0.25) is 5.78 Å². The van der Waals surface area contributed by atoms with Crippen LogP contribution in [-0.4, -0.2) is 24.1 Å². The average Bonchev–Trinajstić information content (AvgIpc) is 3.02. The molecule has 0 radical (unpaired) electrons. The van der Waals surface area contributed by atoms with Gasteiger partial charge in [0, 0.05) is 29.4 Å². The van der Waals surface area contributed by atoms with E-state index in [0.29, 0.717) is 16.9 Å². The molecule has 0 fully saturated rings. The number of aromatic amines is 1. The summed E-state index contributed by atoms with van der Waals surface area (Å²) in [7, 11) is 1.51. The van der Waals surface area contributed by atoms with E-state index >= 15 is 0 Å². The van der Waals surface area contributed by atoms with Crippen LogP contribution in [0.1, 0.15) is 23.5 Å². The number of ketones is 1. The summed E-state index contributed by atoms with van der Waals surface area (Å²) < 4.78 is 43.6. The number of hydrogen-bond acceptors (Lipinski definition) is 2. The summed E-state index contributed by atoms with van der Waals surface area (Å²) in [5, 5.41) is 0.804. The molecular formula is C19H16F3NO2. The Labute approximate surface area is 142 Å². The largest absolute Gasteiger partial charge is 0.497 e. The fourth-order valence-electron chi connectivity index (χ4n) is 2.93. The molecule has 0 saturated carbocycles. The highest BCUT2D eigenvalue weighted by atomic mass is 19.4. The lowest BCUT2D eigenvalue weighted by atomic mass is 9.86. The van der Waals surface area contributed by atoms with Crippen LogP contribution in [0.3, 0.4) is 0 Å². The second-order valence-corrected chi connectivity index (χ2v) is 5.74. The van der Waals surface area contributed by atoms with Crippen molar-refractivity contribution in [3.63, 3.8) is 0 Å². The summed E-state index contributed by atoms with van der Waals surface area (Å²) in [6.45, 7) is 0. The first-order valence-corrected chi connectivity index (χ1v) is 7.70. The third-order valence-electron chi connectivity index (χ3n) is 4.22. The first kappa shape index (κ1) is 17.1. The Hall–Kier alpha value is -2.76. The molecule has 1 atom stereocenters. The van der Waals surface area contributed by atoms with Crippen molar-refractivity contribution in [3.8, 4) is 5.75 Å². The van der Waals surface area contributed by atoms with Crippen LogP contribution in [0.4, 0.5) is 13.2 Å². The summed E-state index contributed by atoms with van der Waals surface area (Å²) >= 11 is 0. The molecule has 0 amide bonds. The number of rotatable bonds is 5. The Balaban J connectivity index is 2.06. The number of nitrogens with one attached hydrogen (secondary N) is 1. The fraction of sp³-hybridized carbons (Fsp3) is 0.211. The van der Waals surface area contributed by atoms with Crippen molar-refractivity contribution in [2.75, 3.05) is 7.11 Å². The van der Waals surface area contributed by atoms with E-state index in [1.807, 2.05) is 24.3 Å². The topological polar surface area (TPSA) is 42.1 Å². The minimum Gasteiger partial charge on any atom is -0.497 e. The van der Waals surface area contributed by atoms with Crippen LogP contribution in [0, 0.1) is 0 Å². The Kier molecular flexibility index (Phi) is 4.53.